The summed E-state index contributed by atoms with van der Waals surface area (Å²) < 4.78 is 16.3. The van der Waals surface area contributed by atoms with Gasteiger partial charge >= 0.3 is 17.7 Å². The smallest absolute Gasteiger partial charge is 0.408 e. The summed E-state index contributed by atoms with van der Waals surface area (Å²) in [6, 6.07) is 32.5. The van der Waals surface area contributed by atoms with Gasteiger partial charge < -0.3 is 19.2 Å². The summed E-state index contributed by atoms with van der Waals surface area (Å²) in [5.41, 5.74) is 2.65. The number of rotatable bonds is 7. The molecule has 0 aliphatic rings. The van der Waals surface area contributed by atoms with Gasteiger partial charge in [-0.3, -0.25) is 0 Å². The average molecular weight is 506 g/mol. The summed E-state index contributed by atoms with van der Waals surface area (Å²) in [5.74, 6) is -0.565. The molecule has 0 saturated carbocycles. The van der Waals surface area contributed by atoms with Crippen molar-refractivity contribution in [2.45, 2.75) is 12.6 Å². The molecule has 0 aliphatic heterocycles. The van der Waals surface area contributed by atoms with E-state index in [-0.39, 0.29) is 17.9 Å². The van der Waals surface area contributed by atoms with Crippen LogP contribution in [0.15, 0.2) is 124 Å². The number of hydrogen-bond acceptors (Lipinski definition) is 6. The first-order valence-corrected chi connectivity index (χ1v) is 11.9. The lowest BCUT2D eigenvalue weighted by molar-refractivity contribution is -0.136. The number of fused-ring (bicyclic) bond motifs is 1. The van der Waals surface area contributed by atoms with Crippen molar-refractivity contribution in [3.8, 4) is 16.9 Å². The first-order chi connectivity index (χ1) is 18.6. The highest BCUT2D eigenvalue weighted by Crippen LogP contribution is 2.30. The Balaban J connectivity index is 1.37. The summed E-state index contributed by atoms with van der Waals surface area (Å²) in [4.78, 5) is 38.0. The van der Waals surface area contributed by atoms with Gasteiger partial charge in [0.25, 0.3) is 0 Å². The first kappa shape index (κ1) is 24.5. The zero-order chi connectivity index (χ0) is 26.3. The molecule has 0 saturated heterocycles. The molecule has 0 fully saturated rings. The highest BCUT2D eigenvalue weighted by molar-refractivity contribution is 5.94. The van der Waals surface area contributed by atoms with Gasteiger partial charge in [-0.25, -0.2) is 14.4 Å². The molecule has 4 aromatic carbocycles. The summed E-state index contributed by atoms with van der Waals surface area (Å²) in [6.07, 6.45) is -0.767. The fourth-order valence-electron chi connectivity index (χ4n) is 4.04. The average Bonchev–Trinajstić information content (AvgIpc) is 2.95. The van der Waals surface area contributed by atoms with Crippen LogP contribution in [0.3, 0.4) is 0 Å². The zero-order valence-corrected chi connectivity index (χ0v) is 20.2. The molecule has 7 nitrogen and oxygen atoms in total. The topological polar surface area (TPSA) is 94.8 Å². The molecule has 0 spiro atoms. The number of nitrogens with one attached hydrogen (secondary N) is 1. The van der Waals surface area contributed by atoms with Gasteiger partial charge in [-0.1, -0.05) is 91.0 Å². The Kier molecular flexibility index (Phi) is 7.27. The van der Waals surface area contributed by atoms with Crippen molar-refractivity contribution in [2.24, 2.45) is 0 Å². The summed E-state index contributed by atoms with van der Waals surface area (Å²) in [7, 11) is 0. The number of amides is 1. The predicted molar refractivity (Wildman–Crippen MR) is 143 cm³/mol. The van der Waals surface area contributed by atoms with Crippen LogP contribution in [0.5, 0.6) is 5.75 Å². The molecule has 1 unspecified atom stereocenters. The van der Waals surface area contributed by atoms with E-state index >= 15 is 0 Å². The Morgan fingerprint density at radius 2 is 1.45 bits per heavy atom. The Morgan fingerprint density at radius 1 is 0.789 bits per heavy atom. The van der Waals surface area contributed by atoms with E-state index in [1.165, 1.54) is 12.1 Å². The third kappa shape index (κ3) is 5.79. The van der Waals surface area contributed by atoms with E-state index in [4.69, 9.17) is 13.9 Å². The van der Waals surface area contributed by atoms with Gasteiger partial charge in [0, 0.05) is 17.5 Å². The number of carbonyl (C=O) groups excluding carboxylic acids is 2. The Morgan fingerprint density at radius 3 is 2.16 bits per heavy atom. The first-order valence-electron chi connectivity index (χ1n) is 11.9. The molecule has 38 heavy (non-hydrogen) atoms. The molecule has 0 radical (unpaired) electrons. The maximum absolute atomic E-state index is 13.2. The largest absolute Gasteiger partial charge is 0.445 e. The molecule has 1 aromatic heterocycles. The predicted octanol–water partition coefficient (Wildman–Crippen LogP) is 6.03. The van der Waals surface area contributed by atoms with Crippen LogP contribution >= 0.6 is 0 Å². The van der Waals surface area contributed by atoms with E-state index in [2.05, 4.69) is 5.32 Å². The van der Waals surface area contributed by atoms with Crippen LogP contribution in [0.1, 0.15) is 17.2 Å². The molecular weight excluding hydrogens is 482 g/mol. The summed E-state index contributed by atoms with van der Waals surface area (Å²) >= 11 is 0. The molecule has 7 heteroatoms. The van der Waals surface area contributed by atoms with Gasteiger partial charge in [0.05, 0.1) is 0 Å². The Labute approximate surface area is 218 Å². The molecule has 5 rings (SSSR count). The second-order valence-electron chi connectivity index (χ2n) is 8.47. The molecular formula is C31H23NO6. The number of esters is 1. The molecule has 1 N–H and O–H groups in total. The molecule has 0 aliphatic carbocycles. The number of ether oxygens (including phenoxy) is 2. The minimum atomic E-state index is -1.13. The van der Waals surface area contributed by atoms with E-state index in [9.17, 15) is 14.4 Å². The van der Waals surface area contributed by atoms with E-state index in [1.807, 2.05) is 60.7 Å². The summed E-state index contributed by atoms with van der Waals surface area (Å²) in [6.45, 7) is 0.0523. The zero-order valence-electron chi connectivity index (χ0n) is 20.2. The number of hydrogen-bond donors (Lipinski definition) is 1. The normalized spacial score (nSPS) is 11.5. The van der Waals surface area contributed by atoms with Crippen molar-refractivity contribution in [3.63, 3.8) is 0 Å². The van der Waals surface area contributed by atoms with Crippen LogP contribution in [0.25, 0.3) is 22.1 Å². The third-order valence-corrected chi connectivity index (χ3v) is 5.86. The van der Waals surface area contributed by atoms with Gasteiger partial charge in [0.1, 0.15) is 17.9 Å². The quantitative estimate of drug-likeness (QED) is 0.165. The molecule has 188 valence electrons. The van der Waals surface area contributed by atoms with Crippen molar-refractivity contribution in [1.82, 2.24) is 5.32 Å². The monoisotopic (exact) mass is 505 g/mol. The number of benzene rings is 4. The van der Waals surface area contributed by atoms with Crippen molar-refractivity contribution >= 4 is 23.0 Å². The lowest BCUT2D eigenvalue weighted by Crippen LogP contribution is -2.36. The second-order valence-corrected chi connectivity index (χ2v) is 8.47. The fraction of sp³-hybridized carbons (Fsp3) is 0.0645. The fourth-order valence-corrected chi connectivity index (χ4v) is 4.04. The minimum Gasteiger partial charge on any atom is -0.445 e. The highest BCUT2D eigenvalue weighted by atomic mass is 16.6. The lowest BCUT2D eigenvalue weighted by Gasteiger charge is -2.18. The Hall–Kier alpha value is -5.17. The van der Waals surface area contributed by atoms with Crippen LogP contribution in [-0.2, 0) is 16.1 Å². The lowest BCUT2D eigenvalue weighted by atomic mass is 10.0. The van der Waals surface area contributed by atoms with Crippen LogP contribution in [0.4, 0.5) is 4.79 Å². The second kappa shape index (κ2) is 11.3. The van der Waals surface area contributed by atoms with Crippen LogP contribution in [0.2, 0.25) is 0 Å². The van der Waals surface area contributed by atoms with E-state index in [1.54, 1.807) is 42.5 Å². The maximum atomic E-state index is 13.2. The van der Waals surface area contributed by atoms with E-state index in [0.717, 1.165) is 11.1 Å². The van der Waals surface area contributed by atoms with E-state index < -0.39 is 23.7 Å². The standard InChI is InChI=1S/C31H23NO6/c33-28-19-26(22-12-6-2-7-13-22)25-17-16-24(18-27(25)38-28)37-30(34)29(23-14-8-3-9-15-23)32-31(35)36-20-21-10-4-1-5-11-21/h1-19,29H,20H2,(H,32,35). The number of carbonyl (C=O) groups is 2. The van der Waals surface area contributed by atoms with Gasteiger partial charge in [-0.15, -0.1) is 0 Å². The molecule has 1 heterocycles. The Bertz CT molecular complexity index is 1610. The molecule has 1 amide bonds. The maximum Gasteiger partial charge on any atom is 0.408 e. The van der Waals surface area contributed by atoms with Crippen molar-refractivity contribution in [3.05, 3.63) is 137 Å². The van der Waals surface area contributed by atoms with E-state index in [0.29, 0.717) is 16.5 Å². The highest BCUT2D eigenvalue weighted by Gasteiger charge is 2.26. The van der Waals surface area contributed by atoms with Gasteiger partial charge in [0.2, 0.25) is 0 Å². The number of alkyl carbamates (subject to hydrolysis) is 1. The van der Waals surface area contributed by atoms with Crippen LogP contribution in [-0.4, -0.2) is 12.1 Å². The van der Waals surface area contributed by atoms with Crippen molar-refractivity contribution < 1.29 is 23.5 Å². The van der Waals surface area contributed by atoms with Gasteiger partial charge in [-0.2, -0.15) is 0 Å². The molecule has 1 atom stereocenters. The van der Waals surface area contributed by atoms with Crippen molar-refractivity contribution in [2.75, 3.05) is 0 Å². The van der Waals surface area contributed by atoms with Crippen LogP contribution in [0, 0.1) is 0 Å². The molecule has 0 bridgehead atoms. The van der Waals surface area contributed by atoms with Gasteiger partial charge in [-0.05, 0) is 34.4 Å². The third-order valence-electron chi connectivity index (χ3n) is 5.86. The SMILES string of the molecule is O=C(NC(C(=O)Oc1ccc2c(-c3ccccc3)cc(=O)oc2c1)c1ccccc1)OCc1ccccc1. The minimum absolute atomic E-state index is 0.0523. The van der Waals surface area contributed by atoms with Crippen molar-refractivity contribution in [1.29, 1.82) is 0 Å². The summed E-state index contributed by atoms with van der Waals surface area (Å²) in [5, 5.41) is 3.28. The van der Waals surface area contributed by atoms with Crippen LogP contribution < -0.4 is 15.7 Å². The van der Waals surface area contributed by atoms with Gasteiger partial charge in [0.15, 0.2) is 6.04 Å². The molecule has 5 aromatic rings.